The second kappa shape index (κ2) is 6.41. The van der Waals surface area contributed by atoms with Gasteiger partial charge in [-0.1, -0.05) is 60.1 Å². The van der Waals surface area contributed by atoms with E-state index in [1.807, 2.05) is 48.5 Å². The summed E-state index contributed by atoms with van der Waals surface area (Å²) in [5, 5.41) is 11.2. The number of aromatic amines is 1. The average Bonchev–Trinajstić information content (AvgIpc) is 2.88. The summed E-state index contributed by atoms with van der Waals surface area (Å²) in [6, 6.07) is 17.1. The molecular weight excluding hydrogens is 300 g/mol. The lowest BCUT2D eigenvalue weighted by atomic mass is 10.1. The summed E-state index contributed by atoms with van der Waals surface area (Å²) in [7, 11) is 0. The van der Waals surface area contributed by atoms with Crippen molar-refractivity contribution in [1.82, 2.24) is 14.9 Å². The topological polar surface area (TPSA) is 63.0 Å². The molecule has 22 heavy (non-hydrogen) atoms. The molecule has 2 aromatic carbocycles. The third-order valence-corrected chi connectivity index (χ3v) is 3.48. The van der Waals surface area contributed by atoms with Gasteiger partial charge in [-0.15, -0.1) is 0 Å². The smallest absolute Gasteiger partial charge is 0.244 e. The van der Waals surface area contributed by atoms with E-state index >= 15 is 0 Å². The molecule has 0 saturated carbocycles. The van der Waals surface area contributed by atoms with E-state index < -0.39 is 0 Å². The largest absolute Gasteiger partial charge is 0.364 e. The minimum Gasteiger partial charge on any atom is -0.244 e. The fraction of sp³-hybridized carbons (Fsp3) is 0.0625. The normalized spacial score (nSPS) is 11.1. The van der Waals surface area contributed by atoms with Gasteiger partial charge in [-0.25, -0.2) is 9.89 Å². The summed E-state index contributed by atoms with van der Waals surface area (Å²) in [5.74, 6) is 0.541. The molecule has 0 aliphatic heterocycles. The Hall–Kier alpha value is -2.66. The molecule has 0 bridgehead atoms. The number of benzene rings is 2. The molecule has 5 nitrogen and oxygen atoms in total. The van der Waals surface area contributed by atoms with Crippen LogP contribution in [0.15, 0.2) is 64.5 Å². The Morgan fingerprint density at radius 3 is 2.64 bits per heavy atom. The molecule has 0 aliphatic rings. The van der Waals surface area contributed by atoms with E-state index in [2.05, 4.69) is 15.3 Å². The van der Waals surface area contributed by atoms with E-state index in [1.54, 1.807) is 12.3 Å². The van der Waals surface area contributed by atoms with Crippen LogP contribution in [0, 0.1) is 0 Å². The minimum atomic E-state index is -0.380. The van der Waals surface area contributed by atoms with Gasteiger partial charge in [0, 0.05) is 17.0 Å². The Kier molecular flexibility index (Phi) is 4.16. The molecule has 1 aromatic heterocycles. The van der Waals surface area contributed by atoms with Gasteiger partial charge >= 0.3 is 5.69 Å². The molecule has 110 valence electrons. The number of nitrogens with zero attached hydrogens (tertiary/aromatic N) is 3. The maximum Gasteiger partial charge on any atom is 0.364 e. The van der Waals surface area contributed by atoms with E-state index in [9.17, 15) is 4.79 Å². The maximum absolute atomic E-state index is 11.8. The maximum atomic E-state index is 11.8. The fourth-order valence-electron chi connectivity index (χ4n) is 2.04. The van der Waals surface area contributed by atoms with Crippen molar-refractivity contribution in [2.24, 2.45) is 5.10 Å². The van der Waals surface area contributed by atoms with Crippen molar-refractivity contribution in [1.29, 1.82) is 0 Å². The van der Waals surface area contributed by atoms with E-state index in [-0.39, 0.29) is 5.69 Å². The van der Waals surface area contributed by atoms with Crippen LogP contribution in [0.4, 0.5) is 0 Å². The molecule has 0 saturated heterocycles. The zero-order valence-corrected chi connectivity index (χ0v) is 12.4. The number of nitrogens with one attached hydrogen (secondary N) is 1. The molecule has 0 amide bonds. The van der Waals surface area contributed by atoms with Gasteiger partial charge in [0.2, 0.25) is 0 Å². The van der Waals surface area contributed by atoms with Crippen molar-refractivity contribution in [3.05, 3.63) is 87.1 Å². The molecule has 3 rings (SSSR count). The summed E-state index contributed by atoms with van der Waals surface area (Å²) in [6.45, 7) is 0. The van der Waals surface area contributed by atoms with Gasteiger partial charge in [-0.3, -0.25) is 0 Å². The third-order valence-electron chi connectivity index (χ3n) is 3.14. The number of rotatable bonds is 4. The summed E-state index contributed by atoms with van der Waals surface area (Å²) in [5.41, 5.74) is 1.41. The summed E-state index contributed by atoms with van der Waals surface area (Å²) >= 11 is 6.07. The average molecular weight is 313 g/mol. The fourth-order valence-corrected chi connectivity index (χ4v) is 2.22. The van der Waals surface area contributed by atoms with Crippen molar-refractivity contribution in [3.8, 4) is 0 Å². The zero-order chi connectivity index (χ0) is 15.4. The lowest BCUT2D eigenvalue weighted by Gasteiger charge is -2.01. The molecule has 3 aromatic rings. The van der Waals surface area contributed by atoms with Crippen LogP contribution in [0.2, 0.25) is 5.02 Å². The third kappa shape index (κ3) is 3.15. The van der Waals surface area contributed by atoms with Crippen LogP contribution in [0.25, 0.3) is 0 Å². The summed E-state index contributed by atoms with van der Waals surface area (Å²) in [4.78, 5) is 11.8. The highest BCUT2D eigenvalue weighted by Crippen LogP contribution is 2.12. The Labute approximate surface area is 131 Å². The Bertz CT molecular complexity index is 852. The molecule has 0 spiro atoms. The number of hydrogen-bond acceptors (Lipinski definition) is 3. The molecule has 0 radical (unpaired) electrons. The van der Waals surface area contributed by atoms with Crippen molar-refractivity contribution in [2.75, 3.05) is 0 Å². The minimum absolute atomic E-state index is 0.380. The molecule has 6 heteroatoms. The lowest BCUT2D eigenvalue weighted by Crippen LogP contribution is -2.15. The number of aromatic nitrogens is 3. The van der Waals surface area contributed by atoms with Crippen molar-refractivity contribution in [2.45, 2.75) is 6.42 Å². The van der Waals surface area contributed by atoms with Crippen molar-refractivity contribution < 1.29 is 0 Å². The molecule has 1 heterocycles. The van der Waals surface area contributed by atoms with E-state index in [0.717, 1.165) is 11.1 Å². The van der Waals surface area contributed by atoms with E-state index in [0.29, 0.717) is 17.3 Å². The molecule has 0 unspecified atom stereocenters. The molecular formula is C16H13ClN4O. The highest BCUT2D eigenvalue weighted by molar-refractivity contribution is 6.33. The van der Waals surface area contributed by atoms with E-state index in [4.69, 9.17) is 11.6 Å². The predicted molar refractivity (Wildman–Crippen MR) is 86.5 cm³/mol. The van der Waals surface area contributed by atoms with Crippen LogP contribution in [0.3, 0.4) is 0 Å². The van der Waals surface area contributed by atoms with Crippen LogP contribution in [-0.4, -0.2) is 21.1 Å². The van der Waals surface area contributed by atoms with Crippen molar-refractivity contribution >= 4 is 17.8 Å². The first-order valence-corrected chi connectivity index (χ1v) is 7.11. The van der Waals surface area contributed by atoms with Gasteiger partial charge in [0.05, 0.1) is 6.21 Å². The summed E-state index contributed by atoms with van der Waals surface area (Å²) < 4.78 is 1.25. The molecule has 0 aliphatic carbocycles. The van der Waals surface area contributed by atoms with Crippen LogP contribution in [-0.2, 0) is 6.42 Å². The Morgan fingerprint density at radius 1 is 1.14 bits per heavy atom. The highest BCUT2D eigenvalue weighted by atomic mass is 35.5. The SMILES string of the molecule is O=c1[nH]nc(Cc2ccccc2)n1/N=C/c1ccccc1Cl. The van der Waals surface area contributed by atoms with Crippen LogP contribution < -0.4 is 5.69 Å². The van der Waals surface area contributed by atoms with Crippen LogP contribution in [0.1, 0.15) is 17.0 Å². The number of H-pyrrole nitrogens is 1. The lowest BCUT2D eigenvalue weighted by molar-refractivity contribution is 0.775. The first-order chi connectivity index (χ1) is 10.7. The second-order valence-electron chi connectivity index (χ2n) is 4.69. The van der Waals surface area contributed by atoms with Gasteiger partial charge in [0.1, 0.15) is 0 Å². The van der Waals surface area contributed by atoms with Crippen LogP contribution in [0.5, 0.6) is 0 Å². The van der Waals surface area contributed by atoms with Gasteiger partial charge in [0.25, 0.3) is 0 Å². The molecule has 0 atom stereocenters. The first-order valence-electron chi connectivity index (χ1n) is 6.73. The van der Waals surface area contributed by atoms with Crippen molar-refractivity contribution in [3.63, 3.8) is 0 Å². The monoisotopic (exact) mass is 312 g/mol. The zero-order valence-electron chi connectivity index (χ0n) is 11.6. The Morgan fingerprint density at radius 2 is 1.86 bits per heavy atom. The predicted octanol–water partition coefficient (Wildman–Crippen LogP) is 2.70. The van der Waals surface area contributed by atoms with Crippen LogP contribution >= 0.6 is 11.6 Å². The molecule has 1 N–H and O–H groups in total. The van der Waals surface area contributed by atoms with Gasteiger partial charge in [-0.05, 0) is 11.6 Å². The highest BCUT2D eigenvalue weighted by Gasteiger charge is 2.08. The van der Waals surface area contributed by atoms with Gasteiger partial charge in [0.15, 0.2) is 5.82 Å². The molecule has 0 fully saturated rings. The second-order valence-corrected chi connectivity index (χ2v) is 5.09. The van der Waals surface area contributed by atoms with Gasteiger partial charge < -0.3 is 0 Å². The van der Waals surface area contributed by atoms with E-state index in [1.165, 1.54) is 4.68 Å². The van der Waals surface area contributed by atoms with Gasteiger partial charge in [-0.2, -0.15) is 14.9 Å². The quantitative estimate of drug-likeness (QED) is 0.753. The number of halogens is 1. The standard InChI is InChI=1S/C16H13ClN4O/c17-14-9-5-4-8-13(14)11-18-21-15(19-20-16(21)22)10-12-6-2-1-3-7-12/h1-9,11H,10H2,(H,20,22)/b18-11+. The first kappa shape index (κ1) is 14.3. The Balaban J connectivity index is 1.90. The summed E-state index contributed by atoms with van der Waals surface area (Å²) in [6.07, 6.45) is 2.06. The number of hydrogen-bond donors (Lipinski definition) is 1.